The number of anilines is 1. The van der Waals surface area contributed by atoms with Crippen LogP contribution in [0.5, 0.6) is 0 Å². The monoisotopic (exact) mass is 269 g/mol. The summed E-state index contributed by atoms with van der Waals surface area (Å²) in [4.78, 5) is 0. The second-order valence-electron chi connectivity index (χ2n) is 6.09. The molecule has 100 valence electrons. The Morgan fingerprint density at radius 1 is 0.571 bits per heavy atom. The smallest absolute Gasteiger partial charge is 0.0317 e. The molecule has 0 unspecified atom stereocenters. The zero-order chi connectivity index (χ0) is 14.0. The van der Waals surface area contributed by atoms with E-state index in [0.29, 0.717) is 0 Å². The SMILES string of the molecule is Nc1ccc2c(c1)Cc1cc3c(cc1-2)Cc1ccccc1-3. The van der Waals surface area contributed by atoms with Gasteiger partial charge in [0.2, 0.25) is 0 Å². The molecule has 2 aliphatic rings. The highest BCUT2D eigenvalue weighted by atomic mass is 14.5. The Hall–Kier alpha value is -2.54. The van der Waals surface area contributed by atoms with Crippen molar-refractivity contribution in [2.24, 2.45) is 0 Å². The molecule has 2 N–H and O–H groups in total. The van der Waals surface area contributed by atoms with Gasteiger partial charge in [0.15, 0.2) is 0 Å². The van der Waals surface area contributed by atoms with Crippen molar-refractivity contribution in [1.29, 1.82) is 0 Å². The standard InChI is InChI=1S/C20H15N/c21-16-5-6-18-13(9-16)8-15-11-19-14(10-20(15)18)7-12-3-1-2-4-17(12)19/h1-6,9-11H,7-8,21H2. The van der Waals surface area contributed by atoms with Crippen LogP contribution in [0, 0.1) is 0 Å². The van der Waals surface area contributed by atoms with Crippen molar-refractivity contribution in [3.8, 4) is 22.3 Å². The molecular formula is C20H15N. The number of rotatable bonds is 0. The zero-order valence-electron chi connectivity index (χ0n) is 11.7. The molecule has 0 heterocycles. The molecule has 0 fully saturated rings. The highest BCUT2D eigenvalue weighted by molar-refractivity contribution is 5.86. The molecule has 3 aromatic carbocycles. The van der Waals surface area contributed by atoms with Gasteiger partial charge < -0.3 is 5.73 Å². The van der Waals surface area contributed by atoms with E-state index >= 15 is 0 Å². The first-order valence-corrected chi connectivity index (χ1v) is 7.42. The highest BCUT2D eigenvalue weighted by Gasteiger charge is 2.24. The number of fused-ring (bicyclic) bond motifs is 6. The van der Waals surface area contributed by atoms with Crippen LogP contribution in [0.4, 0.5) is 5.69 Å². The van der Waals surface area contributed by atoms with Crippen LogP contribution >= 0.6 is 0 Å². The van der Waals surface area contributed by atoms with Gasteiger partial charge in [0.1, 0.15) is 0 Å². The summed E-state index contributed by atoms with van der Waals surface area (Å²) >= 11 is 0. The van der Waals surface area contributed by atoms with E-state index in [9.17, 15) is 0 Å². The molecule has 5 rings (SSSR count). The predicted octanol–water partition coefficient (Wildman–Crippen LogP) is 4.41. The van der Waals surface area contributed by atoms with Crippen molar-refractivity contribution in [3.63, 3.8) is 0 Å². The van der Waals surface area contributed by atoms with Crippen molar-refractivity contribution in [2.45, 2.75) is 12.8 Å². The van der Waals surface area contributed by atoms with Gasteiger partial charge in [-0.05, 0) is 81.6 Å². The molecule has 21 heavy (non-hydrogen) atoms. The van der Waals surface area contributed by atoms with Gasteiger partial charge in [-0.15, -0.1) is 0 Å². The average Bonchev–Trinajstić information content (AvgIpc) is 3.01. The van der Waals surface area contributed by atoms with E-state index in [2.05, 4.69) is 48.5 Å². The zero-order valence-corrected chi connectivity index (χ0v) is 11.7. The lowest BCUT2D eigenvalue weighted by Crippen LogP contribution is -1.86. The third kappa shape index (κ3) is 1.46. The van der Waals surface area contributed by atoms with E-state index in [4.69, 9.17) is 5.73 Å². The molecule has 0 aromatic heterocycles. The molecule has 0 amide bonds. The topological polar surface area (TPSA) is 26.0 Å². The van der Waals surface area contributed by atoms with E-state index in [0.717, 1.165) is 18.5 Å². The fourth-order valence-corrected chi connectivity index (χ4v) is 3.85. The summed E-state index contributed by atoms with van der Waals surface area (Å²) in [7, 11) is 0. The van der Waals surface area contributed by atoms with E-state index in [1.165, 1.54) is 44.5 Å². The minimum Gasteiger partial charge on any atom is -0.399 e. The van der Waals surface area contributed by atoms with Crippen LogP contribution in [-0.4, -0.2) is 0 Å². The molecule has 0 saturated heterocycles. The Bertz CT molecular complexity index is 906. The van der Waals surface area contributed by atoms with Gasteiger partial charge in [0.05, 0.1) is 0 Å². The Morgan fingerprint density at radius 2 is 1.19 bits per heavy atom. The van der Waals surface area contributed by atoms with E-state index in [1.54, 1.807) is 0 Å². The molecule has 0 atom stereocenters. The summed E-state index contributed by atoms with van der Waals surface area (Å²) in [6.07, 6.45) is 2.06. The maximum Gasteiger partial charge on any atom is 0.0317 e. The predicted molar refractivity (Wildman–Crippen MR) is 87.3 cm³/mol. The minimum atomic E-state index is 0.861. The quantitative estimate of drug-likeness (QED) is 0.414. The first-order valence-electron chi connectivity index (χ1n) is 7.42. The van der Waals surface area contributed by atoms with Crippen molar-refractivity contribution in [3.05, 3.63) is 76.9 Å². The number of hydrogen-bond acceptors (Lipinski definition) is 1. The second-order valence-corrected chi connectivity index (χ2v) is 6.09. The van der Waals surface area contributed by atoms with Crippen LogP contribution in [0.1, 0.15) is 22.3 Å². The summed E-state index contributed by atoms with van der Waals surface area (Å²) in [5.41, 5.74) is 18.1. The van der Waals surface area contributed by atoms with Crippen LogP contribution in [0.15, 0.2) is 54.6 Å². The average molecular weight is 269 g/mol. The minimum absolute atomic E-state index is 0.861. The maximum atomic E-state index is 5.93. The first-order chi connectivity index (χ1) is 10.3. The van der Waals surface area contributed by atoms with E-state index in [-0.39, 0.29) is 0 Å². The second kappa shape index (κ2) is 3.76. The molecule has 1 nitrogen and oxygen atoms in total. The van der Waals surface area contributed by atoms with Gasteiger partial charge in [-0.2, -0.15) is 0 Å². The first kappa shape index (κ1) is 11.2. The molecule has 0 bridgehead atoms. The lowest BCUT2D eigenvalue weighted by molar-refractivity contribution is 1.24. The lowest BCUT2D eigenvalue weighted by Gasteiger charge is -2.06. The van der Waals surface area contributed by atoms with Gasteiger partial charge in [-0.25, -0.2) is 0 Å². The fraction of sp³-hybridized carbons (Fsp3) is 0.100. The largest absolute Gasteiger partial charge is 0.399 e. The Balaban J connectivity index is 1.73. The maximum absolute atomic E-state index is 5.93. The third-order valence-corrected chi connectivity index (χ3v) is 4.82. The van der Waals surface area contributed by atoms with Crippen molar-refractivity contribution >= 4 is 5.69 Å². The molecule has 2 aliphatic carbocycles. The van der Waals surface area contributed by atoms with Gasteiger partial charge >= 0.3 is 0 Å². The van der Waals surface area contributed by atoms with Gasteiger partial charge in [-0.1, -0.05) is 30.3 Å². The van der Waals surface area contributed by atoms with Gasteiger partial charge in [0.25, 0.3) is 0 Å². The Labute approximate surface area is 124 Å². The van der Waals surface area contributed by atoms with Crippen LogP contribution < -0.4 is 5.73 Å². The summed E-state index contributed by atoms with van der Waals surface area (Å²) < 4.78 is 0. The number of benzene rings is 3. The number of nitrogens with two attached hydrogens (primary N) is 1. The summed E-state index contributed by atoms with van der Waals surface area (Å²) in [5, 5.41) is 0. The summed E-state index contributed by atoms with van der Waals surface area (Å²) in [5.74, 6) is 0. The van der Waals surface area contributed by atoms with Crippen molar-refractivity contribution in [1.82, 2.24) is 0 Å². The van der Waals surface area contributed by atoms with Crippen LogP contribution in [0.3, 0.4) is 0 Å². The van der Waals surface area contributed by atoms with Gasteiger partial charge in [0, 0.05) is 5.69 Å². The lowest BCUT2D eigenvalue weighted by atomic mass is 9.98. The summed E-state index contributed by atoms with van der Waals surface area (Å²) in [6.45, 7) is 0. The Kier molecular flexibility index (Phi) is 2.00. The third-order valence-electron chi connectivity index (χ3n) is 4.82. The number of nitrogen functional groups attached to an aromatic ring is 1. The molecular weight excluding hydrogens is 254 g/mol. The van der Waals surface area contributed by atoms with E-state index < -0.39 is 0 Å². The number of hydrogen-bond donors (Lipinski definition) is 1. The van der Waals surface area contributed by atoms with E-state index in [1.807, 2.05) is 6.07 Å². The van der Waals surface area contributed by atoms with Crippen LogP contribution in [0.2, 0.25) is 0 Å². The Morgan fingerprint density at radius 3 is 2.00 bits per heavy atom. The molecule has 3 aromatic rings. The normalized spacial score (nSPS) is 13.5. The van der Waals surface area contributed by atoms with Gasteiger partial charge in [-0.3, -0.25) is 0 Å². The molecule has 0 aliphatic heterocycles. The fourth-order valence-electron chi connectivity index (χ4n) is 3.85. The summed E-state index contributed by atoms with van der Waals surface area (Å²) in [6, 6.07) is 19.9. The molecule has 0 spiro atoms. The molecule has 0 saturated carbocycles. The highest BCUT2D eigenvalue weighted by Crippen LogP contribution is 2.44. The molecule has 0 radical (unpaired) electrons. The molecule has 1 heteroatoms. The van der Waals surface area contributed by atoms with Crippen molar-refractivity contribution in [2.75, 3.05) is 5.73 Å². The van der Waals surface area contributed by atoms with Crippen LogP contribution in [-0.2, 0) is 12.8 Å². The van der Waals surface area contributed by atoms with Crippen molar-refractivity contribution < 1.29 is 0 Å². The van der Waals surface area contributed by atoms with Crippen LogP contribution in [0.25, 0.3) is 22.3 Å².